The zero-order valence-corrected chi connectivity index (χ0v) is 13.7. The maximum absolute atomic E-state index is 13.6. The average molecular weight is 362 g/mol. The van der Waals surface area contributed by atoms with Crippen LogP contribution in [-0.4, -0.2) is 42.0 Å². The maximum atomic E-state index is 13.6. The van der Waals surface area contributed by atoms with E-state index in [-0.39, 0.29) is 11.4 Å². The summed E-state index contributed by atoms with van der Waals surface area (Å²) in [5, 5.41) is 13.1. The predicted octanol–water partition coefficient (Wildman–Crippen LogP) is 3.23. The first-order valence-corrected chi connectivity index (χ1v) is 7.94. The molecule has 0 radical (unpaired) electrons. The smallest absolute Gasteiger partial charge is 0.322 e. The van der Waals surface area contributed by atoms with E-state index in [1.54, 1.807) is 12.1 Å². The summed E-state index contributed by atoms with van der Waals surface area (Å²) in [6, 6.07) is 8.71. The molecule has 0 atom stereocenters. The lowest BCUT2D eigenvalue weighted by Crippen LogP contribution is -2.50. The monoisotopic (exact) mass is 362 g/mol. The fourth-order valence-corrected chi connectivity index (χ4v) is 2.74. The Morgan fingerprint density at radius 1 is 1.04 bits per heavy atom. The summed E-state index contributed by atoms with van der Waals surface area (Å²) in [7, 11) is 0. The number of nitrogens with one attached hydrogen (secondary N) is 1. The third kappa shape index (κ3) is 3.88. The molecule has 0 aromatic heterocycles. The molecular weight excluding hydrogens is 346 g/mol. The number of piperazine rings is 1. The molecule has 0 aliphatic carbocycles. The molecule has 0 bridgehead atoms. The van der Waals surface area contributed by atoms with Gasteiger partial charge in [-0.3, -0.25) is 10.1 Å². The van der Waals surface area contributed by atoms with Crippen molar-refractivity contribution in [2.75, 3.05) is 36.4 Å². The number of rotatable bonds is 3. The highest BCUT2D eigenvalue weighted by Crippen LogP contribution is 2.21. The Morgan fingerprint density at radius 3 is 2.27 bits per heavy atom. The predicted molar refractivity (Wildman–Crippen MR) is 92.3 cm³/mol. The van der Waals surface area contributed by atoms with Crippen LogP contribution >= 0.6 is 0 Å². The van der Waals surface area contributed by atoms with Gasteiger partial charge in [-0.05, 0) is 24.3 Å². The molecule has 136 valence electrons. The molecule has 1 aliphatic heterocycles. The number of nitro groups is 1. The van der Waals surface area contributed by atoms with Gasteiger partial charge in [-0.25, -0.2) is 13.6 Å². The molecule has 3 rings (SSSR count). The van der Waals surface area contributed by atoms with Crippen LogP contribution in [0.2, 0.25) is 0 Å². The van der Waals surface area contributed by atoms with Crippen LogP contribution in [0.25, 0.3) is 0 Å². The standard InChI is InChI=1S/C17H16F2N4O3/c18-12-1-6-16(15(19)11-12)20-17(24)22-9-7-21(8-10-22)13-2-4-14(5-3-13)23(25)26/h1-6,11H,7-10H2,(H,20,24). The van der Waals surface area contributed by atoms with Crippen molar-refractivity contribution >= 4 is 23.1 Å². The van der Waals surface area contributed by atoms with Crippen molar-refractivity contribution in [3.05, 3.63) is 64.2 Å². The first-order valence-electron chi connectivity index (χ1n) is 7.94. The summed E-state index contributed by atoms with van der Waals surface area (Å²) in [6.45, 7) is 1.89. The first kappa shape index (κ1) is 17.6. The lowest BCUT2D eigenvalue weighted by atomic mass is 10.2. The van der Waals surface area contributed by atoms with Gasteiger partial charge >= 0.3 is 6.03 Å². The van der Waals surface area contributed by atoms with Crippen LogP contribution in [0.3, 0.4) is 0 Å². The van der Waals surface area contributed by atoms with Gasteiger partial charge < -0.3 is 15.1 Å². The Kier molecular flexibility index (Phi) is 4.97. The van der Waals surface area contributed by atoms with Crippen LogP contribution in [0.15, 0.2) is 42.5 Å². The Morgan fingerprint density at radius 2 is 1.69 bits per heavy atom. The minimum absolute atomic E-state index is 0.0214. The van der Waals surface area contributed by atoms with Crippen molar-refractivity contribution in [1.29, 1.82) is 0 Å². The molecule has 9 heteroatoms. The van der Waals surface area contributed by atoms with Crippen LogP contribution in [0.1, 0.15) is 0 Å². The molecule has 1 heterocycles. The Labute approximate surface area is 148 Å². The number of nitro benzene ring substituents is 1. The Balaban J connectivity index is 1.57. The number of carbonyl (C=O) groups excluding carboxylic acids is 1. The van der Waals surface area contributed by atoms with E-state index in [9.17, 15) is 23.7 Å². The second-order valence-electron chi connectivity index (χ2n) is 5.80. The number of halogens is 2. The lowest BCUT2D eigenvalue weighted by molar-refractivity contribution is -0.384. The van der Waals surface area contributed by atoms with E-state index >= 15 is 0 Å². The second kappa shape index (κ2) is 7.34. The minimum atomic E-state index is -0.831. The van der Waals surface area contributed by atoms with Crippen LogP contribution in [0.5, 0.6) is 0 Å². The fraction of sp³-hybridized carbons (Fsp3) is 0.235. The molecule has 0 unspecified atom stereocenters. The van der Waals surface area contributed by atoms with Gasteiger partial charge in [0.2, 0.25) is 0 Å². The number of hydrogen-bond donors (Lipinski definition) is 1. The summed E-state index contributed by atoms with van der Waals surface area (Å²) in [6.07, 6.45) is 0. The van der Waals surface area contributed by atoms with E-state index in [4.69, 9.17) is 0 Å². The fourth-order valence-electron chi connectivity index (χ4n) is 2.74. The average Bonchev–Trinajstić information content (AvgIpc) is 2.64. The summed E-state index contributed by atoms with van der Waals surface area (Å²) in [4.78, 5) is 26.0. The van der Waals surface area contributed by atoms with Crippen LogP contribution in [0.4, 0.5) is 30.6 Å². The third-order valence-corrected chi connectivity index (χ3v) is 4.17. The summed E-state index contributed by atoms with van der Waals surface area (Å²) in [5.74, 6) is -1.54. The molecule has 2 aromatic carbocycles. The van der Waals surface area contributed by atoms with Crippen molar-refractivity contribution in [3.63, 3.8) is 0 Å². The molecule has 7 nitrogen and oxygen atoms in total. The molecule has 0 saturated carbocycles. The number of benzene rings is 2. The molecule has 2 amide bonds. The molecule has 26 heavy (non-hydrogen) atoms. The van der Waals surface area contributed by atoms with Crippen molar-refractivity contribution in [1.82, 2.24) is 4.90 Å². The topological polar surface area (TPSA) is 78.7 Å². The Hall–Kier alpha value is -3.23. The van der Waals surface area contributed by atoms with Gasteiger partial charge in [0, 0.05) is 50.1 Å². The quantitative estimate of drug-likeness (QED) is 0.672. The maximum Gasteiger partial charge on any atom is 0.322 e. The van der Waals surface area contributed by atoms with Gasteiger partial charge in [-0.15, -0.1) is 0 Å². The summed E-state index contributed by atoms with van der Waals surface area (Å²) >= 11 is 0. The highest BCUT2D eigenvalue weighted by Gasteiger charge is 2.22. The number of carbonyl (C=O) groups is 1. The largest absolute Gasteiger partial charge is 0.368 e. The lowest BCUT2D eigenvalue weighted by Gasteiger charge is -2.36. The van der Waals surface area contributed by atoms with Gasteiger partial charge in [0.05, 0.1) is 10.6 Å². The van der Waals surface area contributed by atoms with Crippen LogP contribution in [-0.2, 0) is 0 Å². The van der Waals surface area contributed by atoms with E-state index in [2.05, 4.69) is 5.32 Å². The van der Waals surface area contributed by atoms with E-state index in [1.807, 2.05) is 4.90 Å². The highest BCUT2D eigenvalue weighted by atomic mass is 19.1. The van der Waals surface area contributed by atoms with E-state index in [0.717, 1.165) is 11.8 Å². The van der Waals surface area contributed by atoms with Gasteiger partial charge in [0.15, 0.2) is 0 Å². The molecule has 0 spiro atoms. The van der Waals surface area contributed by atoms with E-state index in [0.29, 0.717) is 32.2 Å². The summed E-state index contributed by atoms with van der Waals surface area (Å²) in [5.41, 5.74) is 0.780. The van der Waals surface area contributed by atoms with Gasteiger partial charge in [-0.1, -0.05) is 0 Å². The third-order valence-electron chi connectivity index (χ3n) is 4.17. The van der Waals surface area contributed by atoms with Crippen molar-refractivity contribution < 1.29 is 18.5 Å². The molecule has 1 N–H and O–H groups in total. The molecule has 1 aliphatic rings. The van der Waals surface area contributed by atoms with Crippen molar-refractivity contribution in [2.24, 2.45) is 0 Å². The zero-order chi connectivity index (χ0) is 18.7. The van der Waals surface area contributed by atoms with Crippen LogP contribution in [0, 0.1) is 21.7 Å². The molecule has 2 aromatic rings. The number of anilines is 2. The van der Waals surface area contributed by atoms with E-state index < -0.39 is 22.6 Å². The number of amides is 2. The number of non-ortho nitro benzene ring substituents is 1. The Bertz CT molecular complexity index is 821. The molecule has 1 fully saturated rings. The van der Waals surface area contributed by atoms with Gasteiger partial charge in [0.25, 0.3) is 5.69 Å². The van der Waals surface area contributed by atoms with Gasteiger partial charge in [-0.2, -0.15) is 0 Å². The second-order valence-corrected chi connectivity index (χ2v) is 5.80. The minimum Gasteiger partial charge on any atom is -0.368 e. The van der Waals surface area contributed by atoms with Crippen molar-refractivity contribution in [3.8, 4) is 0 Å². The van der Waals surface area contributed by atoms with Crippen LogP contribution < -0.4 is 10.2 Å². The van der Waals surface area contributed by atoms with Gasteiger partial charge in [0.1, 0.15) is 11.6 Å². The molecular formula is C17H16F2N4O3. The highest BCUT2D eigenvalue weighted by molar-refractivity contribution is 5.89. The molecule has 1 saturated heterocycles. The van der Waals surface area contributed by atoms with E-state index in [1.165, 1.54) is 23.1 Å². The first-order chi connectivity index (χ1) is 12.4. The SMILES string of the molecule is O=C(Nc1ccc(F)cc1F)N1CCN(c2ccc([N+](=O)[O-])cc2)CC1. The number of urea groups is 1. The van der Waals surface area contributed by atoms with Crippen molar-refractivity contribution in [2.45, 2.75) is 0 Å². The zero-order valence-electron chi connectivity index (χ0n) is 13.7. The normalized spacial score (nSPS) is 14.2. The summed E-state index contributed by atoms with van der Waals surface area (Å²) < 4.78 is 26.5. The number of hydrogen-bond acceptors (Lipinski definition) is 4. The number of nitrogens with zero attached hydrogens (tertiary/aromatic N) is 3.